The van der Waals surface area contributed by atoms with Crippen molar-refractivity contribution in [3.05, 3.63) is 70.3 Å². The van der Waals surface area contributed by atoms with Crippen LogP contribution in [-0.2, 0) is 24.2 Å². The predicted molar refractivity (Wildman–Crippen MR) is 123 cm³/mol. The Morgan fingerprint density at radius 1 is 1.19 bits per heavy atom. The van der Waals surface area contributed by atoms with E-state index in [1.165, 1.54) is 10.6 Å². The fourth-order valence-corrected chi connectivity index (χ4v) is 4.04. The standard InChI is InChI=1S/C24H29N5O3/c25-24-28-20(7-6-17-3-1-4-19(15-17)21-5-2-14-32-21)16-22(30)29(24)13-12-27-23(31)18-8-10-26-11-9-18/h1-5,14-16,18,26H,6-13H2,(H2,25,28)(H,27,31). The summed E-state index contributed by atoms with van der Waals surface area (Å²) in [5.41, 5.74) is 8.66. The third-order valence-electron chi connectivity index (χ3n) is 5.84. The molecule has 8 heteroatoms. The van der Waals surface area contributed by atoms with Crippen molar-refractivity contribution in [2.75, 3.05) is 25.4 Å². The molecule has 0 bridgehead atoms. The number of nitrogens with one attached hydrogen (secondary N) is 2. The van der Waals surface area contributed by atoms with E-state index in [-0.39, 0.29) is 23.3 Å². The number of hydrogen-bond acceptors (Lipinski definition) is 6. The molecule has 0 unspecified atom stereocenters. The SMILES string of the molecule is Nc1nc(CCc2cccc(-c3ccco3)c2)cc(=O)n1CCNC(=O)C1CCNCC1. The summed E-state index contributed by atoms with van der Waals surface area (Å²) >= 11 is 0. The van der Waals surface area contributed by atoms with E-state index in [1.54, 1.807) is 6.26 Å². The molecule has 1 aliphatic rings. The van der Waals surface area contributed by atoms with Gasteiger partial charge in [0.25, 0.3) is 5.56 Å². The van der Waals surface area contributed by atoms with E-state index >= 15 is 0 Å². The molecular weight excluding hydrogens is 406 g/mol. The first-order chi connectivity index (χ1) is 15.6. The van der Waals surface area contributed by atoms with E-state index in [1.807, 2.05) is 30.3 Å². The van der Waals surface area contributed by atoms with Crippen LogP contribution in [0.5, 0.6) is 0 Å². The average Bonchev–Trinajstić information content (AvgIpc) is 3.35. The number of carbonyl (C=O) groups is 1. The zero-order valence-corrected chi connectivity index (χ0v) is 18.0. The topological polar surface area (TPSA) is 115 Å². The number of nitrogen functional groups attached to an aromatic ring is 1. The lowest BCUT2D eigenvalue weighted by Gasteiger charge is -2.21. The van der Waals surface area contributed by atoms with Gasteiger partial charge in [0.1, 0.15) is 5.76 Å². The summed E-state index contributed by atoms with van der Waals surface area (Å²) in [5, 5.41) is 6.16. The van der Waals surface area contributed by atoms with Crippen molar-refractivity contribution < 1.29 is 9.21 Å². The minimum atomic E-state index is -0.201. The van der Waals surface area contributed by atoms with Crippen LogP contribution in [0.1, 0.15) is 24.1 Å². The van der Waals surface area contributed by atoms with Gasteiger partial charge in [0.2, 0.25) is 11.9 Å². The summed E-state index contributed by atoms with van der Waals surface area (Å²) in [6, 6.07) is 13.4. The molecule has 2 aromatic heterocycles. The number of rotatable bonds is 8. The highest BCUT2D eigenvalue weighted by atomic mass is 16.3. The molecule has 0 aliphatic carbocycles. The summed E-state index contributed by atoms with van der Waals surface area (Å²) in [6.45, 7) is 2.39. The van der Waals surface area contributed by atoms with Gasteiger partial charge in [-0.2, -0.15) is 0 Å². The van der Waals surface area contributed by atoms with Gasteiger partial charge in [-0.05, 0) is 62.5 Å². The third kappa shape index (κ3) is 5.45. The number of furan rings is 1. The lowest BCUT2D eigenvalue weighted by atomic mass is 9.97. The molecule has 8 nitrogen and oxygen atoms in total. The van der Waals surface area contributed by atoms with Crippen LogP contribution in [0, 0.1) is 5.92 Å². The second kappa shape index (κ2) is 10.3. The number of nitrogens with two attached hydrogens (primary N) is 1. The molecule has 1 amide bonds. The second-order valence-electron chi connectivity index (χ2n) is 8.09. The molecule has 1 saturated heterocycles. The Bertz CT molecular complexity index is 1100. The molecule has 3 aromatic rings. The number of hydrogen-bond donors (Lipinski definition) is 3. The maximum atomic E-state index is 12.6. The summed E-state index contributed by atoms with van der Waals surface area (Å²) < 4.78 is 6.87. The predicted octanol–water partition coefficient (Wildman–Crippen LogP) is 1.99. The van der Waals surface area contributed by atoms with Gasteiger partial charge in [0.05, 0.1) is 12.0 Å². The number of benzene rings is 1. The second-order valence-corrected chi connectivity index (χ2v) is 8.09. The minimum absolute atomic E-state index is 0.0390. The number of nitrogens with zero attached hydrogens (tertiary/aromatic N) is 2. The summed E-state index contributed by atoms with van der Waals surface area (Å²) in [6.07, 6.45) is 4.68. The van der Waals surface area contributed by atoms with Crippen LogP contribution >= 0.6 is 0 Å². The number of aryl methyl sites for hydroxylation is 2. The van der Waals surface area contributed by atoms with E-state index in [2.05, 4.69) is 21.7 Å². The maximum absolute atomic E-state index is 12.6. The zero-order valence-electron chi connectivity index (χ0n) is 18.0. The highest BCUT2D eigenvalue weighted by molar-refractivity contribution is 5.78. The number of piperidine rings is 1. The van der Waals surface area contributed by atoms with Crippen LogP contribution in [0.15, 0.2) is 57.9 Å². The van der Waals surface area contributed by atoms with Gasteiger partial charge < -0.3 is 20.8 Å². The molecule has 0 atom stereocenters. The highest BCUT2D eigenvalue weighted by Crippen LogP contribution is 2.21. The first-order valence-corrected chi connectivity index (χ1v) is 11.1. The molecule has 32 heavy (non-hydrogen) atoms. The molecule has 0 spiro atoms. The fourth-order valence-electron chi connectivity index (χ4n) is 4.04. The fraction of sp³-hybridized carbons (Fsp3) is 0.375. The number of carbonyl (C=O) groups excluding carboxylic acids is 1. The molecule has 168 valence electrons. The van der Waals surface area contributed by atoms with Crippen LogP contribution in [0.3, 0.4) is 0 Å². The van der Waals surface area contributed by atoms with Crippen molar-refractivity contribution in [2.45, 2.75) is 32.2 Å². The number of aromatic nitrogens is 2. The Kier molecular flexibility index (Phi) is 7.01. The summed E-state index contributed by atoms with van der Waals surface area (Å²) in [7, 11) is 0. The van der Waals surface area contributed by atoms with E-state index in [0.717, 1.165) is 49.2 Å². The Balaban J connectivity index is 1.33. The molecule has 0 saturated carbocycles. The van der Waals surface area contributed by atoms with Crippen molar-refractivity contribution in [1.82, 2.24) is 20.2 Å². The van der Waals surface area contributed by atoms with Gasteiger partial charge in [-0.25, -0.2) is 4.98 Å². The van der Waals surface area contributed by atoms with Crippen LogP contribution in [0.4, 0.5) is 5.95 Å². The molecule has 0 radical (unpaired) electrons. The maximum Gasteiger partial charge on any atom is 0.255 e. The van der Waals surface area contributed by atoms with E-state index < -0.39 is 0 Å². The Morgan fingerprint density at radius 3 is 2.78 bits per heavy atom. The third-order valence-corrected chi connectivity index (χ3v) is 5.84. The van der Waals surface area contributed by atoms with Crippen LogP contribution < -0.4 is 21.9 Å². The van der Waals surface area contributed by atoms with E-state index in [4.69, 9.17) is 10.2 Å². The van der Waals surface area contributed by atoms with Gasteiger partial charge in [0.15, 0.2) is 0 Å². The quantitative estimate of drug-likeness (QED) is 0.498. The van der Waals surface area contributed by atoms with Crippen molar-refractivity contribution in [2.24, 2.45) is 5.92 Å². The van der Waals surface area contributed by atoms with Gasteiger partial charge >= 0.3 is 0 Å². The van der Waals surface area contributed by atoms with Crippen molar-refractivity contribution in [3.8, 4) is 11.3 Å². The molecule has 1 aromatic carbocycles. The van der Waals surface area contributed by atoms with Crippen molar-refractivity contribution >= 4 is 11.9 Å². The van der Waals surface area contributed by atoms with Crippen molar-refractivity contribution in [1.29, 1.82) is 0 Å². The smallest absolute Gasteiger partial charge is 0.255 e. The van der Waals surface area contributed by atoms with E-state index in [0.29, 0.717) is 25.2 Å². The van der Waals surface area contributed by atoms with Gasteiger partial charge in [-0.15, -0.1) is 0 Å². The van der Waals surface area contributed by atoms with Gasteiger partial charge in [0, 0.05) is 30.6 Å². The highest BCUT2D eigenvalue weighted by Gasteiger charge is 2.20. The summed E-state index contributed by atoms with van der Waals surface area (Å²) in [5.74, 6) is 1.08. The Labute approximate surface area is 186 Å². The first-order valence-electron chi connectivity index (χ1n) is 11.1. The average molecular weight is 436 g/mol. The molecule has 3 heterocycles. The molecule has 4 N–H and O–H groups in total. The lowest BCUT2D eigenvalue weighted by Crippen LogP contribution is -2.40. The lowest BCUT2D eigenvalue weighted by molar-refractivity contribution is -0.125. The number of anilines is 1. The van der Waals surface area contributed by atoms with Gasteiger partial charge in [-0.1, -0.05) is 18.2 Å². The van der Waals surface area contributed by atoms with Gasteiger partial charge in [-0.3, -0.25) is 14.2 Å². The largest absolute Gasteiger partial charge is 0.464 e. The zero-order chi connectivity index (χ0) is 22.3. The normalized spacial score (nSPS) is 14.4. The first kappa shape index (κ1) is 21.8. The van der Waals surface area contributed by atoms with Crippen molar-refractivity contribution in [3.63, 3.8) is 0 Å². The monoisotopic (exact) mass is 435 g/mol. The summed E-state index contributed by atoms with van der Waals surface area (Å²) in [4.78, 5) is 29.2. The minimum Gasteiger partial charge on any atom is -0.464 e. The van der Waals surface area contributed by atoms with E-state index in [9.17, 15) is 9.59 Å². The molecular formula is C24H29N5O3. The van der Waals surface area contributed by atoms with Crippen LogP contribution in [0.2, 0.25) is 0 Å². The molecule has 1 fully saturated rings. The Hall–Kier alpha value is -3.39. The Morgan fingerprint density at radius 2 is 2.03 bits per heavy atom. The van der Waals surface area contributed by atoms with Crippen LogP contribution in [-0.4, -0.2) is 35.1 Å². The molecule has 4 rings (SSSR count). The molecule has 1 aliphatic heterocycles. The van der Waals surface area contributed by atoms with Crippen LogP contribution in [0.25, 0.3) is 11.3 Å². The number of amides is 1.